The van der Waals surface area contributed by atoms with Crippen LogP contribution in [0.2, 0.25) is 5.02 Å². The molecule has 0 spiro atoms. The van der Waals surface area contributed by atoms with E-state index in [4.69, 9.17) is 11.6 Å². The minimum absolute atomic E-state index is 0.0327. The fourth-order valence-corrected chi connectivity index (χ4v) is 2.76. The van der Waals surface area contributed by atoms with Crippen LogP contribution in [-0.4, -0.2) is 6.54 Å². The van der Waals surface area contributed by atoms with Gasteiger partial charge in [-0.05, 0) is 31.5 Å². The maximum atomic E-state index is 14.0. The van der Waals surface area contributed by atoms with Gasteiger partial charge in [-0.15, -0.1) is 0 Å². The molecular weight excluding hydrogens is 273 g/mol. The number of unbranched alkanes of at least 4 members (excludes halogenated alkanes) is 4. The number of nitrogens with one attached hydrogen (secondary N) is 1. The Kier molecular flexibility index (Phi) is 8.88. The van der Waals surface area contributed by atoms with Crippen LogP contribution in [0.25, 0.3) is 0 Å². The topological polar surface area (TPSA) is 12.0 Å². The number of rotatable bonds is 10. The van der Waals surface area contributed by atoms with Gasteiger partial charge in [-0.3, -0.25) is 0 Å². The van der Waals surface area contributed by atoms with Crippen LogP contribution < -0.4 is 5.32 Å². The standard InChI is InChI=1S/C17H27ClFN/c1-3-5-6-7-8-12-16(20-13-4-2)17-14(18)10-9-11-15(17)19/h9-11,16,20H,3-8,12-13H2,1-2H3. The highest BCUT2D eigenvalue weighted by Gasteiger charge is 2.17. The average molecular weight is 300 g/mol. The van der Waals surface area contributed by atoms with E-state index in [0.717, 1.165) is 25.8 Å². The van der Waals surface area contributed by atoms with Crippen LogP contribution in [0.1, 0.15) is 70.4 Å². The van der Waals surface area contributed by atoms with E-state index in [-0.39, 0.29) is 11.9 Å². The Labute approximate surface area is 127 Å². The van der Waals surface area contributed by atoms with E-state index < -0.39 is 0 Å². The molecule has 0 aliphatic carbocycles. The molecule has 1 unspecified atom stereocenters. The lowest BCUT2D eigenvalue weighted by Gasteiger charge is -2.20. The molecule has 0 aliphatic heterocycles. The molecule has 1 nitrogen and oxygen atoms in total. The summed E-state index contributed by atoms with van der Waals surface area (Å²) < 4.78 is 14.0. The van der Waals surface area contributed by atoms with Crippen LogP contribution in [0.4, 0.5) is 4.39 Å². The van der Waals surface area contributed by atoms with Crippen LogP contribution in [0, 0.1) is 5.82 Å². The molecular formula is C17H27ClFN. The summed E-state index contributed by atoms with van der Waals surface area (Å²) in [5.74, 6) is -0.195. The summed E-state index contributed by atoms with van der Waals surface area (Å²) in [5, 5.41) is 3.97. The zero-order valence-corrected chi connectivity index (χ0v) is 13.5. The van der Waals surface area contributed by atoms with Crippen molar-refractivity contribution < 1.29 is 4.39 Å². The van der Waals surface area contributed by atoms with Crippen LogP contribution in [0.5, 0.6) is 0 Å². The quantitative estimate of drug-likeness (QED) is 0.532. The minimum Gasteiger partial charge on any atom is -0.310 e. The SMILES string of the molecule is CCCCCCCC(NCCC)c1c(F)cccc1Cl. The maximum absolute atomic E-state index is 14.0. The third-order valence-corrected chi connectivity index (χ3v) is 3.91. The predicted molar refractivity (Wildman–Crippen MR) is 85.8 cm³/mol. The van der Waals surface area contributed by atoms with Crippen molar-refractivity contribution in [2.24, 2.45) is 0 Å². The normalized spacial score (nSPS) is 12.6. The third-order valence-electron chi connectivity index (χ3n) is 3.59. The van der Waals surface area contributed by atoms with Crippen molar-refractivity contribution >= 4 is 11.6 Å². The highest BCUT2D eigenvalue weighted by atomic mass is 35.5. The van der Waals surface area contributed by atoms with Gasteiger partial charge in [-0.25, -0.2) is 4.39 Å². The summed E-state index contributed by atoms with van der Waals surface area (Å²) in [5.41, 5.74) is 0.637. The predicted octanol–water partition coefficient (Wildman–Crippen LogP) is 5.88. The number of hydrogen-bond donors (Lipinski definition) is 1. The van der Waals surface area contributed by atoms with E-state index in [1.165, 1.54) is 31.7 Å². The number of hydrogen-bond acceptors (Lipinski definition) is 1. The van der Waals surface area contributed by atoms with Crippen molar-refractivity contribution in [3.05, 3.63) is 34.6 Å². The summed E-state index contributed by atoms with van der Waals surface area (Å²) >= 11 is 6.19. The largest absolute Gasteiger partial charge is 0.310 e. The highest BCUT2D eigenvalue weighted by Crippen LogP contribution is 2.29. The first-order valence-electron chi connectivity index (χ1n) is 7.88. The molecule has 0 bridgehead atoms. The molecule has 20 heavy (non-hydrogen) atoms. The van der Waals surface area contributed by atoms with Gasteiger partial charge in [-0.1, -0.05) is 63.6 Å². The third kappa shape index (κ3) is 5.80. The molecule has 0 aromatic heterocycles. The first-order chi connectivity index (χ1) is 9.70. The molecule has 1 aromatic carbocycles. The Morgan fingerprint density at radius 3 is 2.50 bits per heavy atom. The lowest BCUT2D eigenvalue weighted by Crippen LogP contribution is -2.23. The molecule has 0 heterocycles. The molecule has 0 fully saturated rings. The van der Waals surface area contributed by atoms with Crippen molar-refractivity contribution in [1.82, 2.24) is 5.32 Å². The van der Waals surface area contributed by atoms with Gasteiger partial charge >= 0.3 is 0 Å². The van der Waals surface area contributed by atoms with Gasteiger partial charge in [0.15, 0.2) is 0 Å². The van der Waals surface area contributed by atoms with E-state index in [2.05, 4.69) is 19.2 Å². The van der Waals surface area contributed by atoms with Crippen LogP contribution in [-0.2, 0) is 0 Å². The molecule has 114 valence electrons. The molecule has 0 saturated carbocycles. The van der Waals surface area contributed by atoms with E-state index in [0.29, 0.717) is 10.6 Å². The van der Waals surface area contributed by atoms with Gasteiger partial charge in [0, 0.05) is 16.6 Å². The molecule has 3 heteroatoms. The smallest absolute Gasteiger partial charge is 0.129 e. The Morgan fingerprint density at radius 2 is 1.85 bits per heavy atom. The van der Waals surface area contributed by atoms with Gasteiger partial charge in [0.2, 0.25) is 0 Å². The molecule has 1 rings (SSSR count). The minimum atomic E-state index is -0.195. The molecule has 1 atom stereocenters. The molecule has 0 aliphatic rings. The van der Waals surface area contributed by atoms with Crippen LogP contribution in [0.3, 0.4) is 0 Å². The van der Waals surface area contributed by atoms with Crippen molar-refractivity contribution in [2.75, 3.05) is 6.54 Å². The summed E-state index contributed by atoms with van der Waals surface area (Å²) in [6, 6.07) is 4.97. The van der Waals surface area contributed by atoms with Crippen molar-refractivity contribution in [1.29, 1.82) is 0 Å². The summed E-state index contributed by atoms with van der Waals surface area (Å²) in [6.45, 7) is 5.23. The fourth-order valence-electron chi connectivity index (χ4n) is 2.46. The first kappa shape index (κ1) is 17.5. The fraction of sp³-hybridized carbons (Fsp3) is 0.647. The molecule has 1 aromatic rings. The molecule has 1 N–H and O–H groups in total. The number of benzene rings is 1. The average Bonchev–Trinajstić information content (AvgIpc) is 2.43. The second-order valence-electron chi connectivity index (χ2n) is 5.34. The zero-order valence-electron chi connectivity index (χ0n) is 12.7. The van der Waals surface area contributed by atoms with Crippen LogP contribution >= 0.6 is 11.6 Å². The molecule has 0 amide bonds. The van der Waals surface area contributed by atoms with Crippen molar-refractivity contribution in [3.63, 3.8) is 0 Å². The van der Waals surface area contributed by atoms with E-state index in [1.807, 2.05) is 0 Å². The summed E-state index contributed by atoms with van der Waals surface area (Å²) in [6.07, 6.45) is 8.12. The Morgan fingerprint density at radius 1 is 1.10 bits per heavy atom. The highest BCUT2D eigenvalue weighted by molar-refractivity contribution is 6.31. The summed E-state index contributed by atoms with van der Waals surface area (Å²) in [4.78, 5) is 0. The van der Waals surface area contributed by atoms with Gasteiger partial charge in [0.1, 0.15) is 5.82 Å². The molecule has 0 radical (unpaired) electrons. The van der Waals surface area contributed by atoms with E-state index in [1.54, 1.807) is 12.1 Å². The monoisotopic (exact) mass is 299 g/mol. The van der Waals surface area contributed by atoms with Gasteiger partial charge in [-0.2, -0.15) is 0 Å². The van der Waals surface area contributed by atoms with E-state index >= 15 is 0 Å². The Balaban J connectivity index is 2.63. The van der Waals surface area contributed by atoms with Crippen molar-refractivity contribution in [3.8, 4) is 0 Å². The zero-order chi connectivity index (χ0) is 14.8. The van der Waals surface area contributed by atoms with Gasteiger partial charge < -0.3 is 5.32 Å². The Hall–Kier alpha value is -0.600. The maximum Gasteiger partial charge on any atom is 0.129 e. The second kappa shape index (κ2) is 10.2. The van der Waals surface area contributed by atoms with E-state index in [9.17, 15) is 4.39 Å². The van der Waals surface area contributed by atoms with Crippen molar-refractivity contribution in [2.45, 2.75) is 64.8 Å². The first-order valence-corrected chi connectivity index (χ1v) is 8.25. The lowest BCUT2D eigenvalue weighted by atomic mass is 9.99. The summed E-state index contributed by atoms with van der Waals surface area (Å²) in [7, 11) is 0. The molecule has 0 saturated heterocycles. The van der Waals surface area contributed by atoms with Gasteiger partial charge in [0.25, 0.3) is 0 Å². The van der Waals surface area contributed by atoms with Crippen LogP contribution in [0.15, 0.2) is 18.2 Å². The number of halogens is 2. The lowest BCUT2D eigenvalue weighted by molar-refractivity contribution is 0.450. The second-order valence-corrected chi connectivity index (χ2v) is 5.75. The van der Waals surface area contributed by atoms with Gasteiger partial charge in [0.05, 0.1) is 0 Å². The Bertz CT molecular complexity index is 361.